The van der Waals surface area contributed by atoms with Crippen molar-refractivity contribution < 1.29 is 19.8 Å². The third-order valence-electron chi connectivity index (χ3n) is 2.66. The number of aliphatic hydroxyl groups excluding tert-OH is 1. The van der Waals surface area contributed by atoms with Crippen LogP contribution in [0.1, 0.15) is 52.9 Å². The molecule has 1 atom stereocenters. The number of rotatable bonds is 9. The number of nitrogens with one attached hydrogen (secondary N) is 1. The molecular weight excluding hydrogens is 234 g/mol. The average Bonchev–Trinajstić information content (AvgIpc) is 2.19. The fourth-order valence-electron chi connectivity index (χ4n) is 1.86. The van der Waals surface area contributed by atoms with Crippen LogP contribution in [0.4, 0.5) is 0 Å². The van der Waals surface area contributed by atoms with Gasteiger partial charge in [-0.15, -0.1) is 0 Å². The summed E-state index contributed by atoms with van der Waals surface area (Å²) >= 11 is 0. The van der Waals surface area contributed by atoms with E-state index in [-0.39, 0.29) is 23.8 Å². The SMILES string of the molecule is CC(O)CC(C)(C)CNC(=O)CCCCC(=O)O. The van der Waals surface area contributed by atoms with Crippen molar-refractivity contribution in [2.45, 2.75) is 59.0 Å². The lowest BCUT2D eigenvalue weighted by Crippen LogP contribution is -2.35. The monoisotopic (exact) mass is 259 g/mol. The first kappa shape index (κ1) is 16.9. The first-order valence-electron chi connectivity index (χ1n) is 6.39. The molecular formula is C13H25NO4. The number of carboxylic acid groups (broad SMARTS) is 1. The number of amides is 1. The highest BCUT2D eigenvalue weighted by atomic mass is 16.4. The molecule has 0 radical (unpaired) electrons. The predicted molar refractivity (Wildman–Crippen MR) is 69.2 cm³/mol. The standard InChI is InChI=1S/C13H25NO4/c1-10(15)8-13(2,3)9-14-11(16)6-4-5-7-12(17)18/h10,15H,4-9H2,1-3H3,(H,14,16)(H,17,18). The van der Waals surface area contributed by atoms with Gasteiger partial charge in [-0.3, -0.25) is 9.59 Å². The Bertz CT molecular complexity index is 274. The zero-order chi connectivity index (χ0) is 14.2. The number of carbonyl (C=O) groups excluding carboxylic acids is 1. The van der Waals surface area contributed by atoms with Gasteiger partial charge in [0.05, 0.1) is 6.10 Å². The molecule has 1 amide bonds. The highest BCUT2D eigenvalue weighted by Gasteiger charge is 2.20. The second kappa shape index (κ2) is 8.08. The number of aliphatic hydroxyl groups is 1. The van der Waals surface area contributed by atoms with E-state index in [0.717, 1.165) is 0 Å². The van der Waals surface area contributed by atoms with Crippen LogP contribution in [0.5, 0.6) is 0 Å². The van der Waals surface area contributed by atoms with E-state index in [1.165, 1.54) is 0 Å². The Morgan fingerprint density at radius 3 is 2.28 bits per heavy atom. The maximum atomic E-state index is 11.5. The lowest BCUT2D eigenvalue weighted by Gasteiger charge is -2.26. The van der Waals surface area contributed by atoms with Gasteiger partial charge in [-0.2, -0.15) is 0 Å². The first-order valence-corrected chi connectivity index (χ1v) is 6.39. The molecule has 0 aliphatic heterocycles. The van der Waals surface area contributed by atoms with E-state index in [1.807, 2.05) is 13.8 Å². The normalized spacial score (nSPS) is 13.1. The summed E-state index contributed by atoms with van der Waals surface area (Å²) in [6.45, 7) is 6.24. The minimum absolute atomic E-state index is 0.0564. The second-order valence-corrected chi connectivity index (χ2v) is 5.59. The Labute approximate surface area is 109 Å². The molecule has 106 valence electrons. The molecule has 0 fully saturated rings. The van der Waals surface area contributed by atoms with E-state index >= 15 is 0 Å². The van der Waals surface area contributed by atoms with Crippen LogP contribution in [-0.2, 0) is 9.59 Å². The number of unbranched alkanes of at least 4 members (excludes halogenated alkanes) is 1. The van der Waals surface area contributed by atoms with Crippen molar-refractivity contribution in [3.8, 4) is 0 Å². The molecule has 0 aromatic rings. The summed E-state index contributed by atoms with van der Waals surface area (Å²) in [7, 11) is 0. The molecule has 0 saturated heterocycles. The van der Waals surface area contributed by atoms with Crippen molar-refractivity contribution in [3.05, 3.63) is 0 Å². The summed E-state index contributed by atoms with van der Waals surface area (Å²) in [4.78, 5) is 21.8. The highest BCUT2D eigenvalue weighted by molar-refractivity contribution is 5.75. The van der Waals surface area contributed by atoms with E-state index in [0.29, 0.717) is 32.2 Å². The van der Waals surface area contributed by atoms with E-state index in [9.17, 15) is 14.7 Å². The Morgan fingerprint density at radius 2 is 1.78 bits per heavy atom. The molecule has 0 aliphatic carbocycles. The maximum Gasteiger partial charge on any atom is 0.303 e. The van der Waals surface area contributed by atoms with Gasteiger partial charge in [-0.25, -0.2) is 0 Å². The predicted octanol–water partition coefficient (Wildman–Crippen LogP) is 1.54. The van der Waals surface area contributed by atoms with Gasteiger partial charge in [0.25, 0.3) is 0 Å². The van der Waals surface area contributed by atoms with Crippen molar-refractivity contribution in [2.75, 3.05) is 6.54 Å². The van der Waals surface area contributed by atoms with Crippen molar-refractivity contribution in [3.63, 3.8) is 0 Å². The summed E-state index contributed by atoms with van der Waals surface area (Å²) < 4.78 is 0. The smallest absolute Gasteiger partial charge is 0.303 e. The third-order valence-corrected chi connectivity index (χ3v) is 2.66. The van der Waals surface area contributed by atoms with Gasteiger partial charge < -0.3 is 15.5 Å². The first-order chi connectivity index (χ1) is 8.23. The zero-order valence-corrected chi connectivity index (χ0v) is 11.5. The minimum Gasteiger partial charge on any atom is -0.481 e. The Morgan fingerprint density at radius 1 is 1.22 bits per heavy atom. The van der Waals surface area contributed by atoms with Gasteiger partial charge in [-0.05, 0) is 31.6 Å². The van der Waals surface area contributed by atoms with Gasteiger partial charge in [-0.1, -0.05) is 13.8 Å². The van der Waals surface area contributed by atoms with Crippen LogP contribution in [0.25, 0.3) is 0 Å². The van der Waals surface area contributed by atoms with Crippen LogP contribution in [0.3, 0.4) is 0 Å². The van der Waals surface area contributed by atoms with Gasteiger partial charge in [0.2, 0.25) is 5.91 Å². The fraction of sp³-hybridized carbons (Fsp3) is 0.846. The van der Waals surface area contributed by atoms with Crippen LogP contribution >= 0.6 is 0 Å². The molecule has 0 aromatic carbocycles. The molecule has 0 spiro atoms. The van der Waals surface area contributed by atoms with Crippen molar-refractivity contribution >= 4 is 11.9 Å². The summed E-state index contributed by atoms with van der Waals surface area (Å²) in [5.41, 5.74) is -0.134. The summed E-state index contributed by atoms with van der Waals surface area (Å²) in [5.74, 6) is -0.882. The largest absolute Gasteiger partial charge is 0.481 e. The molecule has 0 aromatic heterocycles. The maximum absolute atomic E-state index is 11.5. The Kier molecular flexibility index (Phi) is 7.59. The average molecular weight is 259 g/mol. The van der Waals surface area contributed by atoms with Crippen molar-refractivity contribution in [1.29, 1.82) is 0 Å². The summed E-state index contributed by atoms with van der Waals surface area (Å²) in [5, 5.41) is 20.6. The molecule has 0 bridgehead atoms. The van der Waals surface area contributed by atoms with E-state index in [1.54, 1.807) is 6.92 Å². The number of hydrogen-bond donors (Lipinski definition) is 3. The van der Waals surface area contributed by atoms with E-state index < -0.39 is 5.97 Å². The molecule has 0 saturated carbocycles. The number of carbonyl (C=O) groups is 2. The summed E-state index contributed by atoms with van der Waals surface area (Å²) in [6.07, 6.45) is 1.84. The van der Waals surface area contributed by atoms with Gasteiger partial charge >= 0.3 is 5.97 Å². The topological polar surface area (TPSA) is 86.6 Å². The van der Waals surface area contributed by atoms with Gasteiger partial charge in [0.1, 0.15) is 0 Å². The number of carboxylic acids is 1. The highest BCUT2D eigenvalue weighted by Crippen LogP contribution is 2.21. The van der Waals surface area contributed by atoms with Crippen LogP contribution in [-0.4, -0.2) is 34.7 Å². The molecule has 1 unspecified atom stereocenters. The van der Waals surface area contributed by atoms with Crippen LogP contribution in [0.2, 0.25) is 0 Å². The van der Waals surface area contributed by atoms with E-state index in [4.69, 9.17) is 5.11 Å². The van der Waals surface area contributed by atoms with Crippen molar-refractivity contribution in [1.82, 2.24) is 5.32 Å². The van der Waals surface area contributed by atoms with E-state index in [2.05, 4.69) is 5.32 Å². The molecule has 5 heteroatoms. The molecule has 3 N–H and O–H groups in total. The van der Waals surface area contributed by atoms with Crippen LogP contribution < -0.4 is 5.32 Å². The third kappa shape index (κ3) is 10.1. The second-order valence-electron chi connectivity index (χ2n) is 5.59. The van der Waals surface area contributed by atoms with Crippen molar-refractivity contribution in [2.24, 2.45) is 5.41 Å². The molecule has 18 heavy (non-hydrogen) atoms. The Balaban J connectivity index is 3.72. The summed E-state index contributed by atoms with van der Waals surface area (Å²) in [6, 6.07) is 0. The fourth-order valence-corrected chi connectivity index (χ4v) is 1.86. The quantitative estimate of drug-likeness (QED) is 0.548. The molecule has 0 heterocycles. The Hall–Kier alpha value is -1.10. The van der Waals surface area contributed by atoms with Crippen LogP contribution in [0, 0.1) is 5.41 Å². The lowest BCUT2D eigenvalue weighted by atomic mass is 9.87. The lowest BCUT2D eigenvalue weighted by molar-refractivity contribution is -0.137. The zero-order valence-electron chi connectivity index (χ0n) is 11.5. The molecule has 5 nitrogen and oxygen atoms in total. The van der Waals surface area contributed by atoms with Crippen LogP contribution in [0.15, 0.2) is 0 Å². The van der Waals surface area contributed by atoms with Gasteiger partial charge in [0.15, 0.2) is 0 Å². The number of aliphatic carboxylic acids is 1. The number of hydrogen-bond acceptors (Lipinski definition) is 3. The molecule has 0 aliphatic rings. The minimum atomic E-state index is -0.825. The van der Waals surface area contributed by atoms with Gasteiger partial charge in [0, 0.05) is 19.4 Å². The molecule has 0 rings (SSSR count).